The molecule has 0 saturated heterocycles. The van der Waals surface area contributed by atoms with E-state index >= 15 is 0 Å². The van der Waals surface area contributed by atoms with Crippen LogP contribution in [0.25, 0.3) is 6.08 Å². The second-order valence-electron chi connectivity index (χ2n) is 2.52. The molecule has 2 heteroatoms. The fourth-order valence-electron chi connectivity index (χ4n) is 1.24. The Labute approximate surface area is 60.2 Å². The third-order valence-corrected chi connectivity index (χ3v) is 1.78. The quantitative estimate of drug-likeness (QED) is 0.528. The van der Waals surface area contributed by atoms with Gasteiger partial charge in [-0.25, -0.2) is 4.98 Å². The molecule has 0 atom stereocenters. The normalized spacial score (nSPS) is 16.4. The summed E-state index contributed by atoms with van der Waals surface area (Å²) in [4.78, 5) is 4.19. The van der Waals surface area contributed by atoms with Crippen LogP contribution in [-0.2, 0) is 6.54 Å². The first-order valence-electron chi connectivity index (χ1n) is 3.64. The number of allylic oxidation sites excluding steroid dienone is 1. The van der Waals surface area contributed by atoms with Gasteiger partial charge in [-0.15, -0.1) is 0 Å². The molecule has 1 aromatic heterocycles. The molecule has 0 saturated carbocycles. The summed E-state index contributed by atoms with van der Waals surface area (Å²) in [6, 6.07) is 0. The highest BCUT2D eigenvalue weighted by Crippen LogP contribution is 2.08. The van der Waals surface area contributed by atoms with Gasteiger partial charge in [0.2, 0.25) is 0 Å². The van der Waals surface area contributed by atoms with Crippen molar-refractivity contribution in [3.63, 3.8) is 0 Å². The Kier molecular flexibility index (Phi) is 1.31. The van der Waals surface area contributed by atoms with Crippen LogP contribution in [0.15, 0.2) is 18.5 Å². The maximum absolute atomic E-state index is 4.19. The molecule has 0 spiro atoms. The van der Waals surface area contributed by atoms with E-state index in [0.717, 1.165) is 12.4 Å². The van der Waals surface area contributed by atoms with Gasteiger partial charge in [-0.1, -0.05) is 6.08 Å². The molecule has 0 bridgehead atoms. The SMILES string of the molecule is C1=Cc2nccn2CCC1. The summed E-state index contributed by atoms with van der Waals surface area (Å²) in [6.07, 6.45) is 10.6. The summed E-state index contributed by atoms with van der Waals surface area (Å²) in [5.41, 5.74) is 0. The molecule has 0 N–H and O–H groups in total. The molecule has 1 aliphatic rings. The third-order valence-electron chi connectivity index (χ3n) is 1.78. The highest BCUT2D eigenvalue weighted by molar-refractivity contribution is 5.40. The smallest absolute Gasteiger partial charge is 0.132 e. The Bertz CT molecular complexity index is 248. The van der Waals surface area contributed by atoms with Crippen molar-refractivity contribution in [3.8, 4) is 0 Å². The number of imidazole rings is 1. The molecule has 1 aromatic rings. The van der Waals surface area contributed by atoms with Crippen molar-refractivity contribution < 1.29 is 0 Å². The van der Waals surface area contributed by atoms with Gasteiger partial charge in [-0.05, 0) is 18.9 Å². The number of aryl methyl sites for hydroxylation is 1. The molecular formula is C8H10N2. The van der Waals surface area contributed by atoms with Gasteiger partial charge in [0, 0.05) is 18.9 Å². The van der Waals surface area contributed by atoms with Crippen LogP contribution in [0.1, 0.15) is 18.7 Å². The number of rotatable bonds is 0. The molecule has 2 rings (SSSR count). The molecule has 0 unspecified atom stereocenters. The van der Waals surface area contributed by atoms with Gasteiger partial charge in [-0.2, -0.15) is 0 Å². The number of hydrogen-bond donors (Lipinski definition) is 0. The summed E-state index contributed by atoms with van der Waals surface area (Å²) in [5, 5.41) is 0. The Morgan fingerprint density at radius 3 is 3.50 bits per heavy atom. The van der Waals surface area contributed by atoms with Crippen LogP contribution in [-0.4, -0.2) is 9.55 Å². The first-order valence-corrected chi connectivity index (χ1v) is 3.64. The molecule has 0 radical (unpaired) electrons. The van der Waals surface area contributed by atoms with Crippen LogP contribution in [0.4, 0.5) is 0 Å². The predicted octanol–water partition coefficient (Wildman–Crippen LogP) is 1.69. The largest absolute Gasteiger partial charge is 0.331 e. The van der Waals surface area contributed by atoms with Crippen LogP contribution in [0.3, 0.4) is 0 Å². The lowest BCUT2D eigenvalue weighted by Crippen LogP contribution is -1.96. The average molecular weight is 134 g/mol. The van der Waals surface area contributed by atoms with Gasteiger partial charge in [0.1, 0.15) is 5.82 Å². The summed E-state index contributed by atoms with van der Waals surface area (Å²) >= 11 is 0. The lowest BCUT2D eigenvalue weighted by atomic mass is 10.3. The average Bonchev–Trinajstić information content (AvgIpc) is 2.28. The van der Waals surface area contributed by atoms with Crippen molar-refractivity contribution in [2.75, 3.05) is 0 Å². The molecular weight excluding hydrogens is 124 g/mol. The van der Waals surface area contributed by atoms with Crippen molar-refractivity contribution in [2.45, 2.75) is 19.4 Å². The summed E-state index contributed by atoms with van der Waals surface area (Å²) in [7, 11) is 0. The molecule has 2 nitrogen and oxygen atoms in total. The Balaban J connectivity index is 2.42. The Hall–Kier alpha value is -1.05. The molecule has 0 aromatic carbocycles. The van der Waals surface area contributed by atoms with Crippen molar-refractivity contribution in [1.29, 1.82) is 0 Å². The first kappa shape index (κ1) is 5.71. The van der Waals surface area contributed by atoms with Gasteiger partial charge in [0.05, 0.1) is 0 Å². The number of nitrogens with zero attached hydrogens (tertiary/aromatic N) is 2. The third kappa shape index (κ3) is 0.856. The molecule has 10 heavy (non-hydrogen) atoms. The van der Waals surface area contributed by atoms with Gasteiger partial charge in [0.15, 0.2) is 0 Å². The van der Waals surface area contributed by atoms with E-state index in [0.29, 0.717) is 0 Å². The first-order chi connectivity index (χ1) is 4.97. The standard InChI is InChI=1S/C8H10N2/c1-2-4-8-9-5-7-10(8)6-3-1/h2,4-5,7H,1,3,6H2. The highest BCUT2D eigenvalue weighted by atomic mass is 15.1. The predicted molar refractivity (Wildman–Crippen MR) is 40.5 cm³/mol. The monoisotopic (exact) mass is 134 g/mol. The van der Waals surface area contributed by atoms with Crippen molar-refractivity contribution in [2.24, 2.45) is 0 Å². The van der Waals surface area contributed by atoms with Crippen LogP contribution >= 0.6 is 0 Å². The number of fused-ring (bicyclic) bond motifs is 1. The van der Waals surface area contributed by atoms with Crippen molar-refractivity contribution in [1.82, 2.24) is 9.55 Å². The van der Waals surface area contributed by atoms with Crippen molar-refractivity contribution in [3.05, 3.63) is 24.3 Å². The molecule has 0 fully saturated rings. The van der Waals surface area contributed by atoms with E-state index < -0.39 is 0 Å². The zero-order chi connectivity index (χ0) is 6.81. The molecule has 52 valence electrons. The number of aromatic nitrogens is 2. The van der Waals surface area contributed by atoms with Crippen LogP contribution < -0.4 is 0 Å². The lowest BCUT2D eigenvalue weighted by Gasteiger charge is -1.98. The Morgan fingerprint density at radius 1 is 1.50 bits per heavy atom. The minimum absolute atomic E-state index is 1.09. The summed E-state index contributed by atoms with van der Waals surface area (Å²) in [6.45, 7) is 1.11. The van der Waals surface area contributed by atoms with Gasteiger partial charge in [-0.3, -0.25) is 0 Å². The van der Waals surface area contributed by atoms with Gasteiger partial charge in [0.25, 0.3) is 0 Å². The topological polar surface area (TPSA) is 17.8 Å². The van der Waals surface area contributed by atoms with E-state index in [1.807, 2.05) is 12.4 Å². The van der Waals surface area contributed by atoms with E-state index in [1.165, 1.54) is 12.8 Å². The van der Waals surface area contributed by atoms with E-state index in [9.17, 15) is 0 Å². The van der Waals surface area contributed by atoms with Crippen LogP contribution in [0.2, 0.25) is 0 Å². The van der Waals surface area contributed by atoms with E-state index in [2.05, 4.69) is 21.7 Å². The maximum Gasteiger partial charge on any atom is 0.132 e. The zero-order valence-electron chi connectivity index (χ0n) is 5.83. The van der Waals surface area contributed by atoms with Crippen LogP contribution in [0.5, 0.6) is 0 Å². The van der Waals surface area contributed by atoms with Gasteiger partial charge < -0.3 is 4.57 Å². The maximum atomic E-state index is 4.19. The lowest BCUT2D eigenvalue weighted by molar-refractivity contribution is 0.654. The Morgan fingerprint density at radius 2 is 2.50 bits per heavy atom. The summed E-state index contributed by atoms with van der Waals surface area (Å²) in [5.74, 6) is 1.09. The second-order valence-corrected chi connectivity index (χ2v) is 2.52. The van der Waals surface area contributed by atoms with Gasteiger partial charge >= 0.3 is 0 Å². The minimum atomic E-state index is 1.09. The van der Waals surface area contributed by atoms with E-state index in [4.69, 9.17) is 0 Å². The molecule has 2 heterocycles. The van der Waals surface area contributed by atoms with Crippen molar-refractivity contribution >= 4 is 6.08 Å². The second kappa shape index (κ2) is 2.29. The fraction of sp³-hybridized carbons (Fsp3) is 0.375. The molecule has 0 amide bonds. The number of hydrogen-bond acceptors (Lipinski definition) is 1. The zero-order valence-corrected chi connectivity index (χ0v) is 5.83. The van der Waals surface area contributed by atoms with E-state index in [1.54, 1.807) is 0 Å². The van der Waals surface area contributed by atoms with Crippen LogP contribution in [0, 0.1) is 0 Å². The summed E-state index contributed by atoms with van der Waals surface area (Å²) < 4.78 is 2.18. The molecule has 1 aliphatic heterocycles. The minimum Gasteiger partial charge on any atom is -0.331 e. The van der Waals surface area contributed by atoms with E-state index in [-0.39, 0.29) is 0 Å². The molecule has 0 aliphatic carbocycles. The highest BCUT2D eigenvalue weighted by Gasteiger charge is 2.00. The fourth-order valence-corrected chi connectivity index (χ4v) is 1.24.